The fourth-order valence-electron chi connectivity index (χ4n) is 3.23. The van der Waals surface area contributed by atoms with Crippen LogP contribution in [0.3, 0.4) is 0 Å². The van der Waals surface area contributed by atoms with Crippen LogP contribution in [-0.4, -0.2) is 64.6 Å². The second-order valence-electron chi connectivity index (χ2n) is 7.29. The molecular weight excluding hydrogens is 482 g/mol. The Bertz CT molecular complexity index is 1220. The molecule has 0 bridgehead atoms. The second-order valence-corrected chi connectivity index (χ2v) is 9.03. The lowest BCUT2D eigenvalue weighted by molar-refractivity contribution is -0.153. The van der Waals surface area contributed by atoms with E-state index in [1.54, 1.807) is 12.1 Å². The second kappa shape index (κ2) is 11.1. The van der Waals surface area contributed by atoms with Gasteiger partial charge in [-0.1, -0.05) is 0 Å². The van der Waals surface area contributed by atoms with Crippen molar-refractivity contribution in [1.29, 1.82) is 0 Å². The smallest absolute Gasteiger partial charge is 0.331 e. The first-order valence-electron chi connectivity index (χ1n) is 10.4. The van der Waals surface area contributed by atoms with Gasteiger partial charge in [-0.25, -0.2) is 22.7 Å². The number of carbonyl (C=O) groups is 3. The van der Waals surface area contributed by atoms with Gasteiger partial charge in [0.05, 0.1) is 27.0 Å². The van der Waals surface area contributed by atoms with Crippen LogP contribution < -0.4 is 19.5 Å². The van der Waals surface area contributed by atoms with Gasteiger partial charge in [-0.15, -0.1) is 0 Å². The molecule has 1 aromatic heterocycles. The topological polar surface area (TPSA) is 153 Å². The predicted octanol–water partition coefficient (Wildman–Crippen LogP) is 1.27. The maximum Gasteiger partial charge on any atom is 0.331 e. The van der Waals surface area contributed by atoms with Gasteiger partial charge in [0.25, 0.3) is 5.91 Å². The highest BCUT2D eigenvalue weighted by Gasteiger charge is 2.31. The summed E-state index contributed by atoms with van der Waals surface area (Å²) < 4.78 is 49.1. The van der Waals surface area contributed by atoms with E-state index in [0.717, 1.165) is 11.0 Å². The van der Waals surface area contributed by atoms with Crippen LogP contribution >= 0.6 is 0 Å². The highest BCUT2D eigenvalue weighted by atomic mass is 32.2. The standard InChI is InChI=1S/C22H25N3O9S/c1-14(21(27)25-9-8-23-22(25)28)34-19(26)7-6-15-11-17(31-2)20(32-3)18(12-15)35(29,30)24-13-16-5-4-10-33-16/h4-7,10-12,14,24H,8-9,13H2,1-3H3,(H,23,28). The summed E-state index contributed by atoms with van der Waals surface area (Å²) in [4.78, 5) is 36.9. The van der Waals surface area contributed by atoms with Gasteiger partial charge < -0.3 is 23.9 Å². The van der Waals surface area contributed by atoms with Crippen LogP contribution in [-0.2, 0) is 30.9 Å². The van der Waals surface area contributed by atoms with Crippen molar-refractivity contribution < 1.29 is 41.4 Å². The average Bonchev–Trinajstić information content (AvgIpc) is 3.52. The van der Waals surface area contributed by atoms with Crippen LogP contribution in [0.5, 0.6) is 11.5 Å². The Hall–Kier alpha value is -3.84. The number of esters is 1. The highest BCUT2D eigenvalue weighted by molar-refractivity contribution is 7.89. The first kappa shape index (κ1) is 25.8. The van der Waals surface area contributed by atoms with Gasteiger partial charge in [0.15, 0.2) is 17.6 Å². The van der Waals surface area contributed by atoms with Crippen LogP contribution in [0.4, 0.5) is 4.79 Å². The maximum absolute atomic E-state index is 13.0. The number of furan rings is 1. The number of nitrogens with zero attached hydrogens (tertiary/aromatic N) is 1. The van der Waals surface area contributed by atoms with E-state index < -0.39 is 34.0 Å². The first-order chi connectivity index (χ1) is 16.7. The Morgan fingerprint density at radius 3 is 2.66 bits per heavy atom. The average molecular weight is 508 g/mol. The van der Waals surface area contributed by atoms with E-state index in [1.165, 1.54) is 45.6 Å². The normalized spacial score (nSPS) is 14.6. The molecule has 0 aliphatic carbocycles. The number of imide groups is 1. The third-order valence-electron chi connectivity index (χ3n) is 4.95. The summed E-state index contributed by atoms with van der Waals surface area (Å²) >= 11 is 0. The molecule has 1 fully saturated rings. The molecule has 2 heterocycles. The zero-order chi connectivity index (χ0) is 25.6. The van der Waals surface area contributed by atoms with Gasteiger partial charge in [-0.3, -0.25) is 9.69 Å². The number of nitrogens with one attached hydrogen (secondary N) is 2. The maximum atomic E-state index is 13.0. The SMILES string of the molecule is COc1cc(C=CC(=O)OC(C)C(=O)N2CCNC2=O)cc(S(=O)(=O)NCc2ccco2)c1OC. The quantitative estimate of drug-likeness (QED) is 0.357. The van der Waals surface area contributed by atoms with Gasteiger partial charge in [-0.2, -0.15) is 0 Å². The Kier molecular flexibility index (Phi) is 8.14. The number of benzene rings is 1. The molecule has 1 saturated heterocycles. The summed E-state index contributed by atoms with van der Waals surface area (Å²) in [6.45, 7) is 1.78. The summed E-state index contributed by atoms with van der Waals surface area (Å²) in [6.07, 6.45) is 2.56. The molecule has 1 atom stereocenters. The van der Waals surface area contributed by atoms with Gasteiger partial charge in [0.2, 0.25) is 10.0 Å². The monoisotopic (exact) mass is 507 g/mol. The zero-order valence-corrected chi connectivity index (χ0v) is 20.1. The summed E-state index contributed by atoms with van der Waals surface area (Å²) in [5, 5.41) is 2.49. The van der Waals surface area contributed by atoms with E-state index in [1.807, 2.05) is 0 Å². The first-order valence-corrected chi connectivity index (χ1v) is 11.9. The molecule has 3 amide bonds. The lowest BCUT2D eigenvalue weighted by atomic mass is 10.2. The Balaban J connectivity index is 1.77. The minimum atomic E-state index is -4.07. The summed E-state index contributed by atoms with van der Waals surface area (Å²) in [7, 11) is -1.43. The van der Waals surface area contributed by atoms with Crippen molar-refractivity contribution in [2.24, 2.45) is 0 Å². The van der Waals surface area contributed by atoms with Crippen molar-refractivity contribution in [2.75, 3.05) is 27.3 Å². The molecule has 1 aliphatic heterocycles. The van der Waals surface area contributed by atoms with E-state index in [-0.39, 0.29) is 35.0 Å². The largest absolute Gasteiger partial charge is 0.493 e. The summed E-state index contributed by atoms with van der Waals surface area (Å²) in [5.41, 5.74) is 0.288. The summed E-state index contributed by atoms with van der Waals surface area (Å²) in [6, 6.07) is 5.46. The molecule has 1 unspecified atom stereocenters. The minimum absolute atomic E-state index is 0.0257. The van der Waals surface area contributed by atoms with Gasteiger partial charge >= 0.3 is 12.0 Å². The molecule has 2 aromatic rings. The van der Waals surface area contributed by atoms with E-state index in [2.05, 4.69) is 10.0 Å². The lowest BCUT2D eigenvalue weighted by Crippen LogP contribution is -2.41. The number of carbonyl (C=O) groups excluding carboxylic acids is 3. The van der Waals surface area contributed by atoms with Crippen molar-refractivity contribution >= 4 is 34.0 Å². The predicted molar refractivity (Wildman–Crippen MR) is 122 cm³/mol. The van der Waals surface area contributed by atoms with Crippen molar-refractivity contribution in [3.8, 4) is 11.5 Å². The van der Waals surface area contributed by atoms with Crippen molar-refractivity contribution in [3.05, 3.63) is 47.9 Å². The van der Waals surface area contributed by atoms with Crippen LogP contribution in [0.1, 0.15) is 18.2 Å². The van der Waals surface area contributed by atoms with E-state index in [4.69, 9.17) is 18.6 Å². The number of rotatable bonds is 10. The molecule has 2 N–H and O–H groups in total. The molecule has 0 radical (unpaired) electrons. The molecule has 35 heavy (non-hydrogen) atoms. The van der Waals surface area contributed by atoms with Crippen LogP contribution in [0.15, 0.2) is 45.9 Å². The Labute approximate surface area is 201 Å². The van der Waals surface area contributed by atoms with Crippen LogP contribution in [0.25, 0.3) is 6.08 Å². The molecule has 0 saturated carbocycles. The van der Waals surface area contributed by atoms with Crippen LogP contribution in [0, 0.1) is 0 Å². The highest BCUT2D eigenvalue weighted by Crippen LogP contribution is 2.36. The third kappa shape index (κ3) is 6.19. The number of hydrogen-bond donors (Lipinski definition) is 2. The van der Waals surface area contributed by atoms with Crippen molar-refractivity contribution in [2.45, 2.75) is 24.5 Å². The number of urea groups is 1. The van der Waals surface area contributed by atoms with Crippen LogP contribution in [0.2, 0.25) is 0 Å². The van der Waals surface area contributed by atoms with Gasteiger partial charge in [0, 0.05) is 19.2 Å². The molecule has 13 heteroatoms. The number of amides is 3. The number of sulfonamides is 1. The van der Waals surface area contributed by atoms with Gasteiger partial charge in [-0.05, 0) is 42.8 Å². The van der Waals surface area contributed by atoms with Gasteiger partial charge in [0.1, 0.15) is 10.7 Å². The minimum Gasteiger partial charge on any atom is -0.493 e. The molecule has 12 nitrogen and oxygen atoms in total. The summed E-state index contributed by atoms with van der Waals surface area (Å²) in [5.74, 6) is -1.01. The lowest BCUT2D eigenvalue weighted by Gasteiger charge is -2.17. The number of methoxy groups -OCH3 is 2. The van der Waals surface area contributed by atoms with Crippen molar-refractivity contribution in [1.82, 2.24) is 14.9 Å². The van der Waals surface area contributed by atoms with E-state index in [0.29, 0.717) is 12.3 Å². The molecular formula is C22H25N3O9S. The number of ether oxygens (including phenoxy) is 3. The zero-order valence-electron chi connectivity index (χ0n) is 19.3. The fourth-order valence-corrected chi connectivity index (χ4v) is 4.44. The molecule has 1 aliphatic rings. The third-order valence-corrected chi connectivity index (χ3v) is 6.36. The Morgan fingerprint density at radius 1 is 1.29 bits per heavy atom. The fraction of sp³-hybridized carbons (Fsp3) is 0.318. The molecule has 188 valence electrons. The van der Waals surface area contributed by atoms with E-state index in [9.17, 15) is 22.8 Å². The molecule has 1 aromatic carbocycles. The number of hydrogen-bond acceptors (Lipinski definition) is 9. The Morgan fingerprint density at radius 2 is 2.06 bits per heavy atom. The van der Waals surface area contributed by atoms with Crippen molar-refractivity contribution in [3.63, 3.8) is 0 Å². The van der Waals surface area contributed by atoms with E-state index >= 15 is 0 Å². The molecule has 3 rings (SSSR count). The molecule has 0 spiro atoms.